The predicted molar refractivity (Wildman–Crippen MR) is 216 cm³/mol. The molecule has 2 aromatic rings. The molecule has 4 heterocycles. The zero-order valence-corrected chi connectivity index (χ0v) is 36.0. The summed E-state index contributed by atoms with van der Waals surface area (Å²) in [7, 11) is 0. The number of imidazole rings is 2. The minimum Gasteiger partial charge on any atom is -0.443 e. The third-order valence-electron chi connectivity index (χ3n) is 11.9. The van der Waals surface area contributed by atoms with Crippen LogP contribution in [-0.4, -0.2) is 77.2 Å². The van der Waals surface area contributed by atoms with Gasteiger partial charge in [-0.05, 0) is 129 Å². The van der Waals surface area contributed by atoms with Crippen LogP contribution in [0.2, 0.25) is 0 Å². The van der Waals surface area contributed by atoms with E-state index in [1.807, 2.05) is 54.2 Å². The van der Waals surface area contributed by atoms with E-state index in [4.69, 9.17) is 9.47 Å². The van der Waals surface area contributed by atoms with Crippen LogP contribution < -0.4 is 0 Å². The van der Waals surface area contributed by atoms with Gasteiger partial charge in [-0.25, -0.2) is 29.4 Å². The molecule has 4 atom stereocenters. The maximum atomic E-state index is 12.9. The van der Waals surface area contributed by atoms with Gasteiger partial charge in [-0.2, -0.15) is 0 Å². The van der Waals surface area contributed by atoms with E-state index >= 15 is 0 Å². The van der Waals surface area contributed by atoms with Gasteiger partial charge in [-0.15, -0.1) is 0 Å². The average Bonchev–Trinajstić information content (AvgIpc) is 3.77. The Balaban J connectivity index is 0.000000214. The molecule has 6 rings (SSSR count). The van der Waals surface area contributed by atoms with Crippen molar-refractivity contribution in [1.82, 2.24) is 28.9 Å². The van der Waals surface area contributed by atoms with Gasteiger partial charge in [-0.3, -0.25) is 9.59 Å². The zero-order chi connectivity index (χ0) is 40.9. The first kappa shape index (κ1) is 43.4. The Kier molecular flexibility index (Phi) is 14.2. The topological polar surface area (TPSA) is 129 Å². The standard InChI is InChI=1S/2C22H35N3O3/c2*1-15-6-8-19(9-7-15)24-13-18(23-14-24)11-17-10-16(2)12-25(20(17)26)21(27)28-22(3,4)5/h2*13-17,19H,6-12H2,1-5H3/t15?,16-,17+,19?;15?,16-,17-,19?/m11/s1. The third kappa shape index (κ3) is 12.2. The first-order chi connectivity index (χ1) is 26.2. The van der Waals surface area contributed by atoms with Crippen molar-refractivity contribution in [2.75, 3.05) is 13.1 Å². The number of likely N-dealkylation sites (tertiary alicyclic amines) is 2. The molecular weight excluding hydrogens is 709 g/mol. The van der Waals surface area contributed by atoms with Crippen LogP contribution in [0.5, 0.6) is 0 Å². The van der Waals surface area contributed by atoms with Crippen molar-refractivity contribution in [2.45, 2.75) is 170 Å². The lowest BCUT2D eigenvalue weighted by Gasteiger charge is -2.35. The van der Waals surface area contributed by atoms with E-state index < -0.39 is 23.4 Å². The predicted octanol–water partition coefficient (Wildman–Crippen LogP) is 9.19. The lowest BCUT2D eigenvalue weighted by Crippen LogP contribution is -2.50. The molecule has 0 bridgehead atoms. The molecule has 12 heteroatoms. The highest BCUT2D eigenvalue weighted by Crippen LogP contribution is 2.34. The Hall–Kier alpha value is -3.70. The Morgan fingerprint density at radius 3 is 1.25 bits per heavy atom. The molecular formula is C44H70N6O6. The van der Waals surface area contributed by atoms with E-state index in [0.717, 1.165) is 36.1 Å². The molecule has 0 radical (unpaired) electrons. The number of rotatable bonds is 6. The van der Waals surface area contributed by atoms with E-state index in [2.05, 4.69) is 59.2 Å². The van der Waals surface area contributed by atoms with Gasteiger partial charge in [0.25, 0.3) is 0 Å². The van der Waals surface area contributed by atoms with Gasteiger partial charge >= 0.3 is 12.2 Å². The number of imide groups is 2. The summed E-state index contributed by atoms with van der Waals surface area (Å²) in [6.45, 7) is 20.6. The second-order valence-corrected chi connectivity index (χ2v) is 19.8. The summed E-state index contributed by atoms with van der Waals surface area (Å²) < 4.78 is 15.3. The Labute approximate surface area is 335 Å². The van der Waals surface area contributed by atoms with Crippen LogP contribution in [0.1, 0.15) is 157 Å². The van der Waals surface area contributed by atoms with Gasteiger partial charge in [-0.1, -0.05) is 27.7 Å². The molecule has 0 N–H and O–H groups in total. The first-order valence-corrected chi connectivity index (χ1v) is 21.4. The van der Waals surface area contributed by atoms with Crippen LogP contribution in [-0.2, 0) is 31.9 Å². The molecule has 4 aliphatic rings. The molecule has 312 valence electrons. The van der Waals surface area contributed by atoms with Crippen molar-refractivity contribution in [1.29, 1.82) is 0 Å². The van der Waals surface area contributed by atoms with Crippen LogP contribution in [0.25, 0.3) is 0 Å². The molecule has 56 heavy (non-hydrogen) atoms. The average molecular weight is 779 g/mol. The number of nitrogens with zero attached hydrogens (tertiary/aromatic N) is 6. The number of piperidine rings is 2. The van der Waals surface area contributed by atoms with Gasteiger partial charge in [0.2, 0.25) is 11.8 Å². The van der Waals surface area contributed by atoms with E-state index in [0.29, 0.717) is 38.0 Å². The lowest BCUT2D eigenvalue weighted by atomic mass is 9.86. The summed E-state index contributed by atoms with van der Waals surface area (Å²) in [5.41, 5.74) is 0.665. The summed E-state index contributed by atoms with van der Waals surface area (Å²) in [5, 5.41) is 0. The fourth-order valence-electron chi connectivity index (χ4n) is 8.83. The van der Waals surface area contributed by atoms with E-state index in [9.17, 15) is 19.2 Å². The Morgan fingerprint density at radius 2 is 0.929 bits per heavy atom. The summed E-state index contributed by atoms with van der Waals surface area (Å²) >= 11 is 0. The van der Waals surface area contributed by atoms with Gasteiger partial charge in [0.05, 0.1) is 24.0 Å². The molecule has 2 saturated carbocycles. The SMILES string of the molecule is CC1CCC(n2cnc(C[C@@H]3C[C@@H](C)CN(C(=O)OC(C)(C)C)C3=O)c2)CC1.CC1CCC(n2cnc(C[C@H]3C[C@@H](C)CN(C(=O)OC(C)(C)C)C3=O)c2)CC1. The minimum absolute atomic E-state index is 0.131. The van der Waals surface area contributed by atoms with Crippen molar-refractivity contribution in [3.8, 4) is 0 Å². The van der Waals surface area contributed by atoms with Gasteiger partial charge in [0, 0.05) is 62.2 Å². The van der Waals surface area contributed by atoms with E-state index in [1.165, 1.54) is 61.2 Å². The Bertz CT molecular complexity index is 1520. The third-order valence-corrected chi connectivity index (χ3v) is 11.9. The van der Waals surface area contributed by atoms with Crippen LogP contribution in [0, 0.1) is 35.5 Å². The highest BCUT2D eigenvalue weighted by atomic mass is 16.6. The molecule has 2 aliphatic carbocycles. The van der Waals surface area contributed by atoms with E-state index in [1.54, 1.807) is 0 Å². The summed E-state index contributed by atoms with van der Waals surface area (Å²) in [6.07, 6.45) is 19.6. The van der Waals surface area contributed by atoms with Crippen LogP contribution in [0.4, 0.5) is 9.59 Å². The summed E-state index contributed by atoms with van der Waals surface area (Å²) in [6, 6.07) is 1.05. The normalized spacial score (nSPS) is 29.0. The van der Waals surface area contributed by atoms with Gasteiger partial charge < -0.3 is 18.6 Å². The number of hydrogen-bond donors (Lipinski definition) is 0. The summed E-state index contributed by atoms with van der Waals surface area (Å²) in [4.78, 5) is 62.5. The highest BCUT2D eigenvalue weighted by molar-refractivity contribution is 5.94. The largest absolute Gasteiger partial charge is 0.443 e. The Morgan fingerprint density at radius 1 is 0.589 bits per heavy atom. The second kappa shape index (κ2) is 18.3. The number of amides is 4. The maximum Gasteiger partial charge on any atom is 0.417 e. The van der Waals surface area contributed by atoms with Crippen LogP contribution >= 0.6 is 0 Å². The van der Waals surface area contributed by atoms with Gasteiger partial charge in [0.1, 0.15) is 11.2 Å². The molecule has 0 spiro atoms. The number of carbonyl (C=O) groups is 4. The van der Waals surface area contributed by atoms with Gasteiger partial charge in [0.15, 0.2) is 0 Å². The fraction of sp³-hybridized carbons (Fsp3) is 0.773. The fourth-order valence-corrected chi connectivity index (χ4v) is 8.83. The zero-order valence-electron chi connectivity index (χ0n) is 36.0. The number of hydrogen-bond acceptors (Lipinski definition) is 8. The van der Waals surface area contributed by atoms with Crippen molar-refractivity contribution in [2.24, 2.45) is 35.5 Å². The number of aromatic nitrogens is 4. The van der Waals surface area contributed by atoms with Crippen molar-refractivity contribution < 1.29 is 28.7 Å². The monoisotopic (exact) mass is 779 g/mol. The van der Waals surface area contributed by atoms with Crippen molar-refractivity contribution in [3.05, 3.63) is 36.4 Å². The quantitative estimate of drug-likeness (QED) is 0.284. The first-order valence-electron chi connectivity index (χ1n) is 21.4. The van der Waals surface area contributed by atoms with Crippen molar-refractivity contribution >= 4 is 24.0 Å². The van der Waals surface area contributed by atoms with E-state index in [-0.39, 0.29) is 35.5 Å². The molecule has 0 aromatic carbocycles. The maximum absolute atomic E-state index is 12.9. The second-order valence-electron chi connectivity index (χ2n) is 19.8. The smallest absolute Gasteiger partial charge is 0.417 e. The molecule has 0 unspecified atom stereocenters. The minimum atomic E-state index is -0.607. The summed E-state index contributed by atoms with van der Waals surface area (Å²) in [5.74, 6) is 1.46. The molecule has 4 fully saturated rings. The molecule has 2 aliphatic heterocycles. The molecule has 4 amide bonds. The molecule has 12 nitrogen and oxygen atoms in total. The highest BCUT2D eigenvalue weighted by Gasteiger charge is 2.40. The molecule has 2 aromatic heterocycles. The number of carbonyl (C=O) groups excluding carboxylic acids is 4. The van der Waals surface area contributed by atoms with Crippen molar-refractivity contribution in [3.63, 3.8) is 0 Å². The van der Waals surface area contributed by atoms with Crippen LogP contribution in [0.3, 0.4) is 0 Å². The lowest BCUT2D eigenvalue weighted by molar-refractivity contribution is -0.139. The van der Waals surface area contributed by atoms with Crippen LogP contribution in [0.15, 0.2) is 25.0 Å². The number of ether oxygens (including phenoxy) is 2. The molecule has 2 saturated heterocycles.